The van der Waals surface area contributed by atoms with Crippen LogP contribution in [0.25, 0.3) is 0 Å². The van der Waals surface area contributed by atoms with Crippen molar-refractivity contribution in [3.8, 4) is 0 Å². The molecule has 0 aliphatic carbocycles. The molecule has 0 aliphatic rings. The topological polar surface area (TPSA) is 72.6 Å². The van der Waals surface area contributed by atoms with Crippen molar-refractivity contribution < 1.29 is 32.4 Å². The maximum absolute atomic E-state index is 8.70. The van der Waals surface area contributed by atoms with Crippen LogP contribution in [0.1, 0.15) is 0 Å². The first-order valence-electron chi connectivity index (χ1n) is 0.730. The Kier molecular flexibility index (Phi) is 7.16. The van der Waals surface area contributed by atoms with Gasteiger partial charge in [-0.05, 0) is 0 Å². The molecule has 0 atom stereocenters. The number of rotatable bonds is 1. The van der Waals surface area contributed by atoms with Crippen LogP contribution >= 0.6 is 0 Å². The summed E-state index contributed by atoms with van der Waals surface area (Å²) in [5.74, 6) is 0. The second-order valence-electron chi connectivity index (χ2n) is 0.305. The van der Waals surface area contributed by atoms with Crippen molar-refractivity contribution in [3.63, 3.8) is 0 Å². The zero-order chi connectivity index (χ0) is 4.28. The zero-order valence-corrected chi connectivity index (χ0v) is 3.58. The molecule has 0 saturated heterocycles. The summed E-state index contributed by atoms with van der Waals surface area (Å²) in [5.41, 5.74) is 0. The molecule has 0 aromatic heterocycles. The van der Waals surface area contributed by atoms with Crippen LogP contribution in [0.2, 0.25) is 0 Å². The molecule has 0 aromatic rings. The molecule has 1 radical (unpaired) electrons. The van der Waals surface area contributed by atoms with E-state index in [4.69, 9.17) is 15.4 Å². The molecule has 5 nitrogen and oxygen atoms in total. The van der Waals surface area contributed by atoms with E-state index in [9.17, 15) is 0 Å². The smallest absolute Gasteiger partial charge is 0.214 e. The Morgan fingerprint density at radius 2 is 2.00 bits per heavy atom. The van der Waals surface area contributed by atoms with E-state index in [1.165, 1.54) is 0 Å². The SMILES string of the molecule is O=[N+]([O-])OO.[Fe+3]. The number of hydrogen-bond donors (Lipinski definition) is 1. The molecule has 0 bridgehead atoms. The van der Waals surface area contributed by atoms with Crippen LogP contribution in [0, 0.1) is 10.1 Å². The quantitative estimate of drug-likeness (QED) is 0.231. The van der Waals surface area contributed by atoms with Gasteiger partial charge in [0.15, 0.2) is 0 Å². The maximum Gasteiger partial charge on any atom is 3.00 e. The zero-order valence-electron chi connectivity index (χ0n) is 2.47. The minimum Gasteiger partial charge on any atom is -0.214 e. The fraction of sp³-hybridized carbons (Fsp3) is 0. The first-order valence-corrected chi connectivity index (χ1v) is 0.730. The molecule has 6 heavy (non-hydrogen) atoms. The molecule has 6 heteroatoms. The van der Waals surface area contributed by atoms with Crippen LogP contribution in [0.4, 0.5) is 0 Å². The van der Waals surface area contributed by atoms with Crippen molar-refractivity contribution in [2.75, 3.05) is 0 Å². The monoisotopic (exact) mass is 135 g/mol. The average Bonchev–Trinajstić information content (AvgIpc) is 1.38. The fourth-order valence-electron chi connectivity index (χ4n) is 0. The molecular formula is HFeNO4+3. The van der Waals surface area contributed by atoms with Gasteiger partial charge in [0.2, 0.25) is 0 Å². The Bertz CT molecular complexity index is 42.8. The van der Waals surface area contributed by atoms with Gasteiger partial charge in [-0.1, -0.05) is 0 Å². The second kappa shape index (κ2) is 4.68. The Labute approximate surface area is 43.4 Å². The average molecular weight is 135 g/mol. The van der Waals surface area contributed by atoms with Gasteiger partial charge in [0.25, 0.3) is 0 Å². The van der Waals surface area contributed by atoms with Crippen LogP contribution in [0.15, 0.2) is 0 Å². The van der Waals surface area contributed by atoms with Crippen molar-refractivity contribution >= 4 is 0 Å². The van der Waals surface area contributed by atoms with Gasteiger partial charge in [0, 0.05) is 0 Å². The minimum absolute atomic E-state index is 0. The molecule has 35 valence electrons. The van der Waals surface area contributed by atoms with Crippen LogP contribution in [-0.2, 0) is 22.1 Å². The van der Waals surface area contributed by atoms with Gasteiger partial charge >= 0.3 is 22.2 Å². The number of nitrogens with zero attached hydrogens (tertiary/aromatic N) is 1. The standard InChI is InChI=1S/Fe.HNO4/c;2-1(3)5-4/h;4H/q+3;. The summed E-state index contributed by atoms with van der Waals surface area (Å²) < 4.78 is 0. The van der Waals surface area contributed by atoms with Crippen molar-refractivity contribution in [1.29, 1.82) is 0 Å². The fourth-order valence-corrected chi connectivity index (χ4v) is 0. The molecular weight excluding hydrogens is 134 g/mol. The van der Waals surface area contributed by atoms with Crippen LogP contribution in [-0.4, -0.2) is 10.3 Å². The van der Waals surface area contributed by atoms with Gasteiger partial charge in [-0.15, -0.1) is 15.1 Å². The Morgan fingerprint density at radius 1 is 1.83 bits per heavy atom. The second-order valence-corrected chi connectivity index (χ2v) is 0.305. The summed E-state index contributed by atoms with van der Waals surface area (Å²) in [7, 11) is 0. The van der Waals surface area contributed by atoms with Gasteiger partial charge < -0.3 is 0 Å². The third kappa shape index (κ3) is 9.37. The van der Waals surface area contributed by atoms with Crippen LogP contribution < -0.4 is 0 Å². The van der Waals surface area contributed by atoms with E-state index < -0.39 is 5.09 Å². The van der Waals surface area contributed by atoms with Gasteiger partial charge in [0.1, 0.15) is 0 Å². The van der Waals surface area contributed by atoms with Crippen molar-refractivity contribution in [1.82, 2.24) is 0 Å². The normalized spacial score (nSPS) is 5.50. The summed E-state index contributed by atoms with van der Waals surface area (Å²) in [6, 6.07) is 0. The maximum atomic E-state index is 8.70. The molecule has 0 aromatic carbocycles. The molecule has 0 unspecified atom stereocenters. The molecule has 1 N–H and O–H groups in total. The summed E-state index contributed by atoms with van der Waals surface area (Å²) in [4.78, 5) is 11.2. The van der Waals surface area contributed by atoms with Crippen LogP contribution in [0.5, 0.6) is 0 Å². The van der Waals surface area contributed by atoms with E-state index in [-0.39, 0.29) is 17.1 Å². The molecule has 0 amide bonds. The molecule has 0 heterocycles. The molecule has 0 spiro atoms. The van der Waals surface area contributed by atoms with Gasteiger partial charge in [-0.2, -0.15) is 0 Å². The van der Waals surface area contributed by atoms with Gasteiger partial charge in [0.05, 0.1) is 0 Å². The minimum atomic E-state index is -1.32. The molecule has 0 aliphatic heterocycles. The first kappa shape index (κ1) is 9.19. The number of hydrogen-bond acceptors (Lipinski definition) is 4. The third-order valence-electron chi connectivity index (χ3n) is 0.0667. The van der Waals surface area contributed by atoms with E-state index in [1.54, 1.807) is 0 Å². The predicted octanol–water partition coefficient (Wildman–Crippen LogP) is -0.335. The Morgan fingerprint density at radius 3 is 2.00 bits per heavy atom. The van der Waals surface area contributed by atoms with Gasteiger partial charge in [-0.3, -0.25) is 0 Å². The van der Waals surface area contributed by atoms with Crippen molar-refractivity contribution in [3.05, 3.63) is 10.1 Å². The third-order valence-corrected chi connectivity index (χ3v) is 0.0667. The Balaban J connectivity index is 0. The van der Waals surface area contributed by atoms with Crippen molar-refractivity contribution in [2.45, 2.75) is 0 Å². The van der Waals surface area contributed by atoms with E-state index in [0.29, 0.717) is 0 Å². The first-order chi connectivity index (χ1) is 2.27. The van der Waals surface area contributed by atoms with E-state index in [0.717, 1.165) is 0 Å². The summed E-state index contributed by atoms with van der Waals surface area (Å²) in [5, 5.41) is 14.3. The predicted molar refractivity (Wildman–Crippen MR) is 10.7 cm³/mol. The van der Waals surface area contributed by atoms with E-state index >= 15 is 0 Å². The van der Waals surface area contributed by atoms with Gasteiger partial charge in [-0.25, -0.2) is 5.26 Å². The Hall–Kier alpha value is -0.321. The molecule has 0 fully saturated rings. The molecule has 0 saturated carbocycles. The summed E-state index contributed by atoms with van der Waals surface area (Å²) in [6.07, 6.45) is 0. The summed E-state index contributed by atoms with van der Waals surface area (Å²) >= 11 is 0. The molecule has 0 rings (SSSR count). The largest absolute Gasteiger partial charge is 3.00 e. The van der Waals surface area contributed by atoms with Crippen LogP contribution in [0.3, 0.4) is 0 Å². The summed E-state index contributed by atoms with van der Waals surface area (Å²) in [6.45, 7) is 0. The van der Waals surface area contributed by atoms with E-state index in [1.807, 2.05) is 0 Å². The van der Waals surface area contributed by atoms with E-state index in [2.05, 4.69) is 4.99 Å². The van der Waals surface area contributed by atoms with Crippen molar-refractivity contribution in [2.24, 2.45) is 0 Å².